The van der Waals surface area contributed by atoms with Crippen LogP contribution in [0, 0.1) is 0 Å². The zero-order valence-corrected chi connectivity index (χ0v) is 39.5. The highest BCUT2D eigenvalue weighted by Crippen LogP contribution is 2.69. The first-order chi connectivity index (χ1) is 35.8. The van der Waals surface area contributed by atoms with Crippen molar-refractivity contribution in [2.24, 2.45) is 0 Å². The molecule has 2 spiro atoms. The topological polar surface area (TPSA) is 6.48 Å². The molecule has 0 unspecified atom stereocenters. The zero-order chi connectivity index (χ0) is 47.4. The van der Waals surface area contributed by atoms with E-state index in [4.69, 9.17) is 0 Å². The lowest BCUT2D eigenvalue weighted by Crippen LogP contribution is -2.43. The van der Waals surface area contributed by atoms with Crippen LogP contribution < -0.4 is 9.80 Å². The van der Waals surface area contributed by atoms with E-state index in [0.717, 1.165) is 34.1 Å². The Kier molecular flexibility index (Phi) is 8.82. The SMILES string of the molecule is c1ccc(N(c2ccc3c(c2)C2(c4ccccc4C4(c5ccccc5-c5ccccc54)c4ccccc42)c2cccc(N(c4ccccc4)c4cccc5ccccc45)c2-3)c2cccc3ccccc23)cc1. The summed E-state index contributed by atoms with van der Waals surface area (Å²) in [5.41, 5.74) is 21.0. The maximum Gasteiger partial charge on any atom is 0.0721 e. The molecule has 0 amide bonds. The molecule has 3 aliphatic rings. The predicted molar refractivity (Wildman–Crippen MR) is 299 cm³/mol. The number of benzene rings is 12. The van der Waals surface area contributed by atoms with E-state index in [1.807, 2.05) is 0 Å². The van der Waals surface area contributed by atoms with Crippen LogP contribution in [0.1, 0.15) is 44.5 Å². The van der Waals surface area contributed by atoms with E-state index in [2.05, 4.69) is 289 Å². The summed E-state index contributed by atoms with van der Waals surface area (Å²) in [5, 5.41) is 4.81. The fourth-order valence-electron chi connectivity index (χ4n) is 13.4. The van der Waals surface area contributed by atoms with Crippen molar-refractivity contribution in [3.8, 4) is 22.3 Å². The molecule has 336 valence electrons. The van der Waals surface area contributed by atoms with Gasteiger partial charge in [0.1, 0.15) is 0 Å². The minimum Gasteiger partial charge on any atom is -0.310 e. The molecule has 12 aromatic rings. The average molecular weight is 915 g/mol. The maximum atomic E-state index is 2.54. The van der Waals surface area contributed by atoms with Crippen LogP contribution in [0.3, 0.4) is 0 Å². The van der Waals surface area contributed by atoms with Crippen molar-refractivity contribution in [3.05, 3.63) is 324 Å². The molecule has 0 heterocycles. The summed E-state index contributed by atoms with van der Waals surface area (Å²) in [6, 6.07) is 104. The largest absolute Gasteiger partial charge is 0.310 e. The van der Waals surface area contributed by atoms with Gasteiger partial charge in [0, 0.05) is 33.4 Å². The molecular weight excluding hydrogens is 869 g/mol. The first-order valence-electron chi connectivity index (χ1n) is 25.1. The summed E-state index contributed by atoms with van der Waals surface area (Å²) >= 11 is 0. The van der Waals surface area contributed by atoms with Crippen molar-refractivity contribution in [2.45, 2.75) is 10.8 Å². The summed E-state index contributed by atoms with van der Waals surface area (Å²) in [5.74, 6) is 0. The van der Waals surface area contributed by atoms with E-state index in [1.54, 1.807) is 0 Å². The highest BCUT2D eigenvalue weighted by atomic mass is 15.2. The Balaban J connectivity index is 1.09. The summed E-state index contributed by atoms with van der Waals surface area (Å²) < 4.78 is 0. The third-order valence-electron chi connectivity index (χ3n) is 16.1. The summed E-state index contributed by atoms with van der Waals surface area (Å²) in [4.78, 5) is 4.98. The number of para-hydroxylation sites is 2. The van der Waals surface area contributed by atoms with Gasteiger partial charge in [0.05, 0.1) is 27.9 Å². The second-order valence-corrected chi connectivity index (χ2v) is 19.5. The van der Waals surface area contributed by atoms with Gasteiger partial charge in [0.15, 0.2) is 0 Å². The Morgan fingerprint density at radius 3 is 1.17 bits per heavy atom. The number of hydrogen-bond acceptors (Lipinski definition) is 2. The first-order valence-corrected chi connectivity index (χ1v) is 25.1. The van der Waals surface area contributed by atoms with Crippen LogP contribution in [0.4, 0.5) is 34.1 Å². The second-order valence-electron chi connectivity index (χ2n) is 19.5. The number of fused-ring (bicyclic) bond motifs is 18. The van der Waals surface area contributed by atoms with Crippen molar-refractivity contribution in [3.63, 3.8) is 0 Å². The molecule has 0 aromatic heterocycles. The predicted octanol–water partition coefficient (Wildman–Crippen LogP) is 18.0. The van der Waals surface area contributed by atoms with Gasteiger partial charge in [-0.2, -0.15) is 0 Å². The zero-order valence-electron chi connectivity index (χ0n) is 39.5. The number of anilines is 6. The molecule has 2 heteroatoms. The van der Waals surface area contributed by atoms with E-state index >= 15 is 0 Å². The lowest BCUT2D eigenvalue weighted by molar-refractivity contribution is 0.633. The molecule has 0 radical (unpaired) electrons. The van der Waals surface area contributed by atoms with Crippen molar-refractivity contribution >= 4 is 55.7 Å². The Morgan fingerprint density at radius 1 is 0.222 bits per heavy atom. The van der Waals surface area contributed by atoms with Gasteiger partial charge in [-0.15, -0.1) is 0 Å². The third kappa shape index (κ3) is 5.44. The van der Waals surface area contributed by atoms with Crippen molar-refractivity contribution < 1.29 is 0 Å². The summed E-state index contributed by atoms with van der Waals surface area (Å²) in [6.45, 7) is 0. The summed E-state index contributed by atoms with van der Waals surface area (Å²) in [6.07, 6.45) is 0. The Hall–Kier alpha value is -9.24. The molecule has 0 fully saturated rings. The molecule has 2 nitrogen and oxygen atoms in total. The molecule has 72 heavy (non-hydrogen) atoms. The van der Waals surface area contributed by atoms with Gasteiger partial charge in [0.2, 0.25) is 0 Å². The molecule has 3 aliphatic carbocycles. The molecule has 0 atom stereocenters. The Bertz CT molecular complexity index is 4030. The number of hydrogen-bond donors (Lipinski definition) is 0. The van der Waals surface area contributed by atoms with Crippen molar-refractivity contribution in [2.75, 3.05) is 9.80 Å². The van der Waals surface area contributed by atoms with Crippen LogP contribution in [0.25, 0.3) is 43.8 Å². The average Bonchev–Trinajstić information content (AvgIpc) is 3.92. The number of rotatable bonds is 6. The molecule has 12 aromatic carbocycles. The third-order valence-corrected chi connectivity index (χ3v) is 16.1. The van der Waals surface area contributed by atoms with Gasteiger partial charge in [-0.25, -0.2) is 0 Å². The van der Waals surface area contributed by atoms with Gasteiger partial charge in [0.25, 0.3) is 0 Å². The van der Waals surface area contributed by atoms with E-state index < -0.39 is 10.8 Å². The second kappa shape index (κ2) is 15.6. The fourth-order valence-corrected chi connectivity index (χ4v) is 13.4. The normalized spacial score (nSPS) is 13.8. The molecule has 15 rings (SSSR count). The van der Waals surface area contributed by atoms with E-state index in [0.29, 0.717) is 0 Å². The highest BCUT2D eigenvalue weighted by molar-refractivity contribution is 6.06. The van der Waals surface area contributed by atoms with Crippen LogP contribution in [-0.2, 0) is 10.8 Å². The minimum absolute atomic E-state index is 0.554. The van der Waals surface area contributed by atoms with Crippen LogP contribution in [0.2, 0.25) is 0 Å². The standard InChI is InChI=1S/C70H46N2/c1-3-26-49(27-4-1)71(65-41-19-24-47-22-7-9-30-52(47)65)51-44-45-56-64(46-51)70(63-40-21-43-67(68(56)63)72(50-28-5-2-6-29-50)66-42-20-25-48-23-8-10-31-53(48)66)61-38-17-15-36-59(61)69(60-37-16-18-39-62(60)70)57-34-13-11-32-54(57)55-33-12-14-35-58(55)69/h1-46H. The van der Waals surface area contributed by atoms with E-state index in [9.17, 15) is 0 Å². The van der Waals surface area contributed by atoms with Crippen LogP contribution >= 0.6 is 0 Å². The van der Waals surface area contributed by atoms with Gasteiger partial charge < -0.3 is 9.80 Å². The molecule has 0 saturated heterocycles. The molecule has 0 aliphatic heterocycles. The number of nitrogens with zero attached hydrogens (tertiary/aromatic N) is 2. The quantitative estimate of drug-likeness (QED) is 0.164. The fraction of sp³-hybridized carbons (Fsp3) is 0.0286. The van der Waals surface area contributed by atoms with Gasteiger partial charge in [-0.3, -0.25) is 0 Å². The summed E-state index contributed by atoms with van der Waals surface area (Å²) in [7, 11) is 0. The van der Waals surface area contributed by atoms with Crippen LogP contribution in [0.15, 0.2) is 279 Å². The Morgan fingerprint density at radius 2 is 0.611 bits per heavy atom. The molecule has 0 N–H and O–H groups in total. The van der Waals surface area contributed by atoms with Gasteiger partial charge in [-0.05, 0) is 127 Å². The lowest BCUT2D eigenvalue weighted by atomic mass is 9.52. The van der Waals surface area contributed by atoms with Crippen LogP contribution in [0.5, 0.6) is 0 Å². The van der Waals surface area contributed by atoms with E-state index in [-0.39, 0.29) is 0 Å². The van der Waals surface area contributed by atoms with Gasteiger partial charge >= 0.3 is 0 Å². The highest BCUT2D eigenvalue weighted by Gasteiger charge is 2.59. The smallest absolute Gasteiger partial charge is 0.0721 e. The molecule has 0 bridgehead atoms. The first kappa shape index (κ1) is 40.6. The van der Waals surface area contributed by atoms with Crippen molar-refractivity contribution in [1.29, 1.82) is 0 Å². The lowest BCUT2D eigenvalue weighted by Gasteiger charge is -2.49. The molecule has 0 saturated carbocycles. The Labute approximate surface area is 420 Å². The van der Waals surface area contributed by atoms with Gasteiger partial charge in [-0.1, -0.05) is 224 Å². The monoisotopic (exact) mass is 914 g/mol. The maximum absolute atomic E-state index is 2.54. The van der Waals surface area contributed by atoms with Crippen molar-refractivity contribution in [1.82, 2.24) is 0 Å². The minimum atomic E-state index is -0.732. The molecular formula is C70H46N2. The van der Waals surface area contributed by atoms with E-state index in [1.165, 1.54) is 88.3 Å². The van der Waals surface area contributed by atoms with Crippen LogP contribution in [-0.4, -0.2) is 0 Å².